The fourth-order valence-corrected chi connectivity index (χ4v) is 6.63. The molecule has 10 heteroatoms. The predicted molar refractivity (Wildman–Crippen MR) is 124 cm³/mol. The van der Waals surface area contributed by atoms with Gasteiger partial charge in [-0.1, -0.05) is 53.5 Å². The van der Waals surface area contributed by atoms with E-state index in [9.17, 15) is 22.8 Å². The van der Waals surface area contributed by atoms with E-state index in [0.29, 0.717) is 22.4 Å². The molecule has 1 aliphatic rings. The molecule has 2 aromatic carbocycles. The van der Waals surface area contributed by atoms with Crippen molar-refractivity contribution in [1.29, 1.82) is 0 Å². The van der Waals surface area contributed by atoms with Gasteiger partial charge in [0.05, 0.1) is 17.1 Å². The zero-order chi connectivity index (χ0) is 23.0. The van der Waals surface area contributed by atoms with Gasteiger partial charge >= 0.3 is 0 Å². The van der Waals surface area contributed by atoms with Gasteiger partial charge in [0.15, 0.2) is 15.6 Å². The summed E-state index contributed by atoms with van der Waals surface area (Å²) in [6.45, 7) is 0. The first-order valence-electron chi connectivity index (χ1n) is 9.39. The summed E-state index contributed by atoms with van der Waals surface area (Å²) in [5.41, 5.74) is 2.12. The Kier molecular flexibility index (Phi) is 6.22. The minimum atomic E-state index is -3.85. The van der Waals surface area contributed by atoms with E-state index in [1.54, 1.807) is 48.5 Å². The number of thiophene rings is 1. The average Bonchev–Trinajstić information content (AvgIpc) is 3.08. The molecule has 3 aromatic rings. The van der Waals surface area contributed by atoms with Crippen molar-refractivity contribution in [3.05, 3.63) is 80.6 Å². The van der Waals surface area contributed by atoms with E-state index in [-0.39, 0.29) is 32.3 Å². The second-order valence-electron chi connectivity index (χ2n) is 7.20. The molecule has 0 atom stereocenters. The molecular weight excluding hydrogens is 493 g/mol. The van der Waals surface area contributed by atoms with Crippen LogP contribution in [0.3, 0.4) is 0 Å². The van der Waals surface area contributed by atoms with Gasteiger partial charge in [0.25, 0.3) is 5.91 Å². The standard InChI is InChI=1S/C22H15Cl2NO5S2/c23-18-11-20(31-21(18)24)32(29,30)12-16(26)9-13-5-7-15(8-6-13)25-19(27)10-14-3-1-2-4-17(14)22(25)28/h1-8,11H,9-10,12H2. The largest absolute Gasteiger partial charge is 0.298 e. The maximum atomic E-state index is 12.8. The van der Waals surface area contributed by atoms with Crippen molar-refractivity contribution in [3.8, 4) is 0 Å². The van der Waals surface area contributed by atoms with Crippen molar-refractivity contribution in [2.45, 2.75) is 17.1 Å². The lowest BCUT2D eigenvalue weighted by atomic mass is 9.98. The number of anilines is 1. The zero-order valence-corrected chi connectivity index (χ0v) is 19.5. The lowest BCUT2D eigenvalue weighted by Crippen LogP contribution is -2.42. The van der Waals surface area contributed by atoms with E-state index in [2.05, 4.69) is 0 Å². The van der Waals surface area contributed by atoms with Crippen molar-refractivity contribution in [1.82, 2.24) is 0 Å². The van der Waals surface area contributed by atoms with Crippen LogP contribution < -0.4 is 4.90 Å². The summed E-state index contributed by atoms with van der Waals surface area (Å²) in [6, 6.07) is 14.5. The number of sulfone groups is 1. The lowest BCUT2D eigenvalue weighted by Gasteiger charge is -2.26. The van der Waals surface area contributed by atoms with Crippen molar-refractivity contribution in [3.63, 3.8) is 0 Å². The fourth-order valence-electron chi connectivity index (χ4n) is 3.42. The fraction of sp³-hybridized carbons (Fsp3) is 0.136. The van der Waals surface area contributed by atoms with Crippen LogP contribution in [0.1, 0.15) is 21.5 Å². The molecule has 0 unspecified atom stereocenters. The smallest absolute Gasteiger partial charge is 0.265 e. The number of carbonyl (C=O) groups is 3. The number of imide groups is 1. The number of rotatable bonds is 6. The van der Waals surface area contributed by atoms with Crippen LogP contribution in [0.2, 0.25) is 9.36 Å². The van der Waals surface area contributed by atoms with E-state index in [0.717, 1.165) is 16.2 Å². The van der Waals surface area contributed by atoms with Crippen LogP contribution in [0.15, 0.2) is 58.8 Å². The molecule has 1 aromatic heterocycles. The van der Waals surface area contributed by atoms with E-state index >= 15 is 0 Å². The van der Waals surface area contributed by atoms with Gasteiger partial charge in [-0.2, -0.15) is 0 Å². The Morgan fingerprint density at radius 3 is 2.38 bits per heavy atom. The topological polar surface area (TPSA) is 88.6 Å². The van der Waals surface area contributed by atoms with Crippen molar-refractivity contribution in [2.75, 3.05) is 10.7 Å². The monoisotopic (exact) mass is 507 g/mol. The number of amides is 2. The molecule has 0 radical (unpaired) electrons. The lowest BCUT2D eigenvalue weighted by molar-refractivity contribution is -0.118. The molecule has 0 N–H and O–H groups in total. The van der Waals surface area contributed by atoms with Gasteiger partial charge in [0, 0.05) is 12.0 Å². The van der Waals surface area contributed by atoms with Gasteiger partial charge < -0.3 is 0 Å². The minimum absolute atomic E-state index is 0.0568. The number of carbonyl (C=O) groups excluding carboxylic acids is 3. The van der Waals surface area contributed by atoms with Gasteiger partial charge in [-0.15, -0.1) is 11.3 Å². The molecule has 2 amide bonds. The van der Waals surface area contributed by atoms with Gasteiger partial charge in [-0.3, -0.25) is 14.4 Å². The summed E-state index contributed by atoms with van der Waals surface area (Å²) in [5.74, 6) is -1.92. The molecule has 164 valence electrons. The third kappa shape index (κ3) is 4.49. The molecular formula is C22H15Cl2NO5S2. The van der Waals surface area contributed by atoms with E-state index in [4.69, 9.17) is 23.2 Å². The summed E-state index contributed by atoms with van der Waals surface area (Å²) in [6.07, 6.45) is 0.00778. The highest BCUT2D eigenvalue weighted by atomic mass is 35.5. The summed E-state index contributed by atoms with van der Waals surface area (Å²) in [5, 5.41) is 0.128. The average molecular weight is 508 g/mol. The van der Waals surface area contributed by atoms with Crippen LogP contribution in [0.4, 0.5) is 5.69 Å². The summed E-state index contributed by atoms with van der Waals surface area (Å²) in [4.78, 5) is 38.8. The minimum Gasteiger partial charge on any atom is -0.298 e. The summed E-state index contributed by atoms with van der Waals surface area (Å²) in [7, 11) is -3.85. The first-order chi connectivity index (χ1) is 15.2. The highest BCUT2D eigenvalue weighted by Crippen LogP contribution is 2.35. The van der Waals surface area contributed by atoms with Gasteiger partial charge in [-0.05, 0) is 35.4 Å². The van der Waals surface area contributed by atoms with E-state index in [1.165, 1.54) is 6.07 Å². The molecule has 6 nitrogen and oxygen atoms in total. The molecule has 0 spiro atoms. The van der Waals surface area contributed by atoms with Crippen LogP contribution in [0, 0.1) is 0 Å². The number of fused-ring (bicyclic) bond motifs is 1. The Bertz CT molecular complexity index is 1330. The molecule has 0 saturated heterocycles. The van der Waals surface area contributed by atoms with Crippen LogP contribution in [0.5, 0.6) is 0 Å². The number of benzene rings is 2. The molecule has 0 saturated carbocycles. The number of halogens is 2. The molecule has 4 rings (SSSR count). The highest BCUT2D eigenvalue weighted by molar-refractivity contribution is 7.94. The summed E-state index contributed by atoms with van der Waals surface area (Å²) < 4.78 is 24.9. The number of hydrogen-bond donors (Lipinski definition) is 0. The second kappa shape index (κ2) is 8.78. The molecule has 1 aliphatic heterocycles. The molecule has 32 heavy (non-hydrogen) atoms. The molecule has 2 heterocycles. The first-order valence-corrected chi connectivity index (χ1v) is 12.6. The number of ketones is 1. The Balaban J connectivity index is 1.47. The Morgan fingerprint density at radius 1 is 1.03 bits per heavy atom. The van der Waals surface area contributed by atoms with Crippen molar-refractivity contribution in [2.24, 2.45) is 0 Å². The zero-order valence-electron chi connectivity index (χ0n) is 16.4. The number of hydrogen-bond acceptors (Lipinski definition) is 6. The third-order valence-electron chi connectivity index (χ3n) is 4.92. The van der Waals surface area contributed by atoms with Crippen LogP contribution in [-0.4, -0.2) is 31.8 Å². The van der Waals surface area contributed by atoms with Gasteiger partial charge in [0.2, 0.25) is 5.91 Å². The molecule has 0 bridgehead atoms. The van der Waals surface area contributed by atoms with Crippen molar-refractivity contribution >= 4 is 67.7 Å². The van der Waals surface area contributed by atoms with Crippen LogP contribution in [-0.2, 0) is 32.3 Å². The normalized spacial score (nSPS) is 13.9. The maximum Gasteiger partial charge on any atom is 0.265 e. The predicted octanol–water partition coefficient (Wildman–Crippen LogP) is 4.37. The van der Waals surface area contributed by atoms with E-state index in [1.807, 2.05) is 0 Å². The Hall–Kier alpha value is -2.52. The molecule has 0 aliphatic carbocycles. The Labute approximate surface area is 198 Å². The third-order valence-corrected chi connectivity index (χ3v) is 9.02. The van der Waals surface area contributed by atoms with Crippen LogP contribution >= 0.6 is 34.5 Å². The van der Waals surface area contributed by atoms with Crippen LogP contribution in [0.25, 0.3) is 0 Å². The highest BCUT2D eigenvalue weighted by Gasteiger charge is 2.31. The SMILES string of the molecule is O=C(Cc1ccc(N2C(=O)Cc3ccccc3C2=O)cc1)CS(=O)(=O)c1cc(Cl)c(Cl)s1. The van der Waals surface area contributed by atoms with Gasteiger partial charge in [-0.25, -0.2) is 13.3 Å². The second-order valence-corrected chi connectivity index (χ2v) is 11.5. The number of nitrogens with zero attached hydrogens (tertiary/aromatic N) is 1. The molecule has 0 fully saturated rings. The van der Waals surface area contributed by atoms with Crippen molar-refractivity contribution < 1.29 is 22.8 Å². The van der Waals surface area contributed by atoms with E-state index < -0.39 is 27.3 Å². The maximum absolute atomic E-state index is 12.8. The Morgan fingerprint density at radius 2 is 1.72 bits per heavy atom. The number of Topliss-reactive ketones (excluding diaryl/α,β-unsaturated/α-hetero) is 1. The summed E-state index contributed by atoms with van der Waals surface area (Å²) >= 11 is 12.4. The first kappa shape index (κ1) is 22.7. The quantitative estimate of drug-likeness (QED) is 0.462. The van der Waals surface area contributed by atoms with Gasteiger partial charge in [0.1, 0.15) is 14.3 Å².